The summed E-state index contributed by atoms with van der Waals surface area (Å²) in [6, 6.07) is 13.3. The smallest absolute Gasteiger partial charge is 0.0216 e. The molecule has 170 valence electrons. The normalized spacial score (nSPS) is 12.5. The number of unbranched alkanes of at least 4 members (excludes halogenated alkanes) is 1. The van der Waals surface area contributed by atoms with Crippen molar-refractivity contribution in [1.82, 2.24) is 0 Å². The largest absolute Gasteiger partial charge is 0.439 e. The summed E-state index contributed by atoms with van der Waals surface area (Å²) in [6.07, 6.45) is 3.15. The summed E-state index contributed by atoms with van der Waals surface area (Å²) >= 11 is 0. The first-order valence-electron chi connectivity index (χ1n) is 12.2. The number of rotatable bonds is 9. The molecule has 0 spiro atoms. The highest BCUT2D eigenvalue weighted by Gasteiger charge is 2.13. The molecule has 0 amide bonds. The van der Waals surface area contributed by atoms with Gasteiger partial charge in [0, 0.05) is 0 Å². The van der Waals surface area contributed by atoms with Gasteiger partial charge in [-0.3, -0.25) is 0 Å². The van der Waals surface area contributed by atoms with Crippen LogP contribution in [0.2, 0.25) is 0 Å². The molecule has 0 radical (unpaired) electrons. The number of amidine groups is 1. The Morgan fingerprint density at radius 3 is 1.52 bits per heavy atom. The van der Waals surface area contributed by atoms with E-state index in [1.807, 2.05) is 0 Å². The Kier molecular flexibility index (Phi) is 9.34. The van der Waals surface area contributed by atoms with E-state index in [2.05, 4.69) is 98.7 Å². The number of hydrogen-bond acceptors (Lipinski definition) is 1. The molecule has 0 saturated heterocycles. The second-order valence-corrected chi connectivity index (χ2v) is 9.93. The summed E-state index contributed by atoms with van der Waals surface area (Å²) in [4.78, 5) is 5.28. The van der Waals surface area contributed by atoms with Crippen molar-refractivity contribution in [3.63, 3.8) is 0 Å². The highest BCUT2D eigenvalue weighted by molar-refractivity contribution is 6.04. The Bertz CT molecular complexity index is 820. The lowest BCUT2D eigenvalue weighted by Crippen LogP contribution is -2.03. The zero-order valence-corrected chi connectivity index (χ0v) is 21.3. The molecule has 2 aromatic carbocycles. The number of para-hydroxylation sites is 2. The highest BCUT2D eigenvalue weighted by atomic mass is 15.0. The minimum absolute atomic E-state index is 0.430. The fourth-order valence-corrected chi connectivity index (χ4v) is 4.01. The topological polar surface area (TPSA) is 26.5 Å². The number of benzene rings is 2. The van der Waals surface area contributed by atoms with Crippen molar-refractivity contribution in [2.75, 3.05) is 0 Å². The van der Waals surface area contributed by atoms with Crippen LogP contribution in [0.5, 0.6) is 0 Å². The average Bonchev–Trinajstić information content (AvgIpc) is 2.71. The molecular formula is C29H43N2-. The SMILES string of the molecule is CCCCC(=Nc1c(C(C)C)cccc1C(C)C)[N-]c1c(C(C)C)cccc1C(C)C. The van der Waals surface area contributed by atoms with Gasteiger partial charge in [0.05, 0.1) is 0 Å². The Morgan fingerprint density at radius 1 is 0.710 bits per heavy atom. The number of hydrogen-bond donors (Lipinski definition) is 0. The van der Waals surface area contributed by atoms with Crippen molar-refractivity contribution in [3.05, 3.63) is 64.0 Å². The van der Waals surface area contributed by atoms with E-state index in [0.717, 1.165) is 36.5 Å². The van der Waals surface area contributed by atoms with E-state index in [-0.39, 0.29) is 0 Å². The first-order chi connectivity index (χ1) is 14.7. The Balaban J connectivity index is 2.66. The van der Waals surface area contributed by atoms with Gasteiger partial charge >= 0.3 is 0 Å². The maximum Gasteiger partial charge on any atom is -0.0216 e. The molecule has 0 N–H and O–H groups in total. The molecular weight excluding hydrogens is 376 g/mol. The third kappa shape index (κ3) is 6.45. The van der Waals surface area contributed by atoms with Crippen LogP contribution in [0.4, 0.5) is 11.4 Å². The van der Waals surface area contributed by atoms with Crippen LogP contribution in [0.3, 0.4) is 0 Å². The van der Waals surface area contributed by atoms with Gasteiger partial charge in [-0.15, -0.1) is 0 Å². The Morgan fingerprint density at radius 2 is 1.13 bits per heavy atom. The number of nitrogens with zero attached hydrogens (tertiary/aromatic N) is 2. The molecule has 0 aliphatic rings. The van der Waals surface area contributed by atoms with Crippen LogP contribution in [-0.2, 0) is 0 Å². The van der Waals surface area contributed by atoms with Gasteiger partial charge < -0.3 is 10.3 Å². The van der Waals surface area contributed by atoms with Crippen molar-refractivity contribution in [2.45, 2.75) is 105 Å². The predicted molar refractivity (Wildman–Crippen MR) is 139 cm³/mol. The van der Waals surface area contributed by atoms with Crippen molar-refractivity contribution in [2.24, 2.45) is 4.99 Å². The first-order valence-corrected chi connectivity index (χ1v) is 12.2. The molecule has 0 aromatic heterocycles. The zero-order chi connectivity index (χ0) is 23.1. The standard InChI is InChI=1S/C29H43N2/c1-10-11-18-27(30-28-23(19(2)3)14-12-15-24(28)20(4)5)31-29-25(21(6)7)16-13-17-26(29)22(8)9/h12-17,19-22H,10-11,18H2,1-9H3/q-1. The monoisotopic (exact) mass is 419 g/mol. The quantitative estimate of drug-likeness (QED) is 0.285. The van der Waals surface area contributed by atoms with Gasteiger partial charge in [0.2, 0.25) is 0 Å². The van der Waals surface area contributed by atoms with E-state index in [4.69, 9.17) is 10.3 Å². The maximum atomic E-state index is 5.28. The van der Waals surface area contributed by atoms with Crippen LogP contribution < -0.4 is 0 Å². The molecule has 0 unspecified atom stereocenters. The van der Waals surface area contributed by atoms with Crippen LogP contribution >= 0.6 is 0 Å². The minimum Gasteiger partial charge on any atom is -0.439 e. The lowest BCUT2D eigenvalue weighted by atomic mass is 9.92. The molecule has 2 heteroatoms. The van der Waals surface area contributed by atoms with Crippen molar-refractivity contribution in [3.8, 4) is 0 Å². The van der Waals surface area contributed by atoms with Gasteiger partial charge in [0.15, 0.2) is 0 Å². The van der Waals surface area contributed by atoms with Crippen LogP contribution in [0.15, 0.2) is 41.4 Å². The summed E-state index contributed by atoms with van der Waals surface area (Å²) < 4.78 is 0. The summed E-state index contributed by atoms with van der Waals surface area (Å²) in [5.41, 5.74) is 7.53. The lowest BCUT2D eigenvalue weighted by molar-refractivity contribution is 0.823. The molecule has 2 nitrogen and oxygen atoms in total. The molecule has 0 saturated carbocycles. The minimum atomic E-state index is 0.430. The second kappa shape index (κ2) is 11.5. The lowest BCUT2D eigenvalue weighted by Gasteiger charge is -2.30. The van der Waals surface area contributed by atoms with Gasteiger partial charge in [-0.2, -0.15) is 0 Å². The molecule has 0 bridgehead atoms. The summed E-state index contributed by atoms with van der Waals surface area (Å²) in [5, 5.41) is 5.28. The fraction of sp³-hybridized carbons (Fsp3) is 0.552. The van der Waals surface area contributed by atoms with Gasteiger partial charge in [-0.25, -0.2) is 0 Å². The van der Waals surface area contributed by atoms with Gasteiger partial charge in [-0.05, 0) is 63.7 Å². The third-order valence-electron chi connectivity index (χ3n) is 5.92. The molecule has 0 aliphatic heterocycles. The van der Waals surface area contributed by atoms with Crippen LogP contribution in [-0.4, -0.2) is 5.84 Å². The van der Waals surface area contributed by atoms with E-state index in [1.165, 1.54) is 22.3 Å². The molecule has 31 heavy (non-hydrogen) atoms. The molecule has 0 aliphatic carbocycles. The van der Waals surface area contributed by atoms with Crippen molar-refractivity contribution < 1.29 is 0 Å². The molecule has 0 fully saturated rings. The third-order valence-corrected chi connectivity index (χ3v) is 5.92. The summed E-state index contributed by atoms with van der Waals surface area (Å²) in [7, 11) is 0. The molecule has 0 atom stereocenters. The maximum absolute atomic E-state index is 5.28. The molecule has 2 aromatic rings. The van der Waals surface area contributed by atoms with Crippen molar-refractivity contribution in [1.29, 1.82) is 0 Å². The van der Waals surface area contributed by atoms with Gasteiger partial charge in [-0.1, -0.05) is 117 Å². The van der Waals surface area contributed by atoms with Gasteiger partial charge in [0.1, 0.15) is 0 Å². The van der Waals surface area contributed by atoms with E-state index < -0.39 is 0 Å². The highest BCUT2D eigenvalue weighted by Crippen LogP contribution is 2.40. The zero-order valence-electron chi connectivity index (χ0n) is 21.3. The molecule has 2 rings (SSSR count). The average molecular weight is 420 g/mol. The fourth-order valence-electron chi connectivity index (χ4n) is 4.01. The summed E-state index contributed by atoms with van der Waals surface area (Å²) in [5.74, 6) is 2.68. The van der Waals surface area contributed by atoms with Crippen LogP contribution in [0, 0.1) is 0 Å². The van der Waals surface area contributed by atoms with Crippen LogP contribution in [0.1, 0.15) is 128 Å². The Labute approximate surface area is 191 Å². The predicted octanol–water partition coefficient (Wildman–Crippen LogP) is 10.1. The first kappa shape index (κ1) is 25.2. The molecule has 0 heterocycles. The number of aliphatic imine (C=N–C) groups is 1. The summed E-state index contributed by atoms with van der Waals surface area (Å²) in [6.45, 7) is 20.3. The van der Waals surface area contributed by atoms with Gasteiger partial charge in [0.25, 0.3) is 0 Å². The van der Waals surface area contributed by atoms with Crippen LogP contribution in [0.25, 0.3) is 5.32 Å². The van der Waals surface area contributed by atoms with Crippen molar-refractivity contribution >= 4 is 17.2 Å². The van der Waals surface area contributed by atoms with E-state index >= 15 is 0 Å². The Hall–Kier alpha value is -2.09. The second-order valence-electron chi connectivity index (χ2n) is 9.93. The van der Waals surface area contributed by atoms with E-state index in [0.29, 0.717) is 23.7 Å². The van der Waals surface area contributed by atoms with E-state index in [9.17, 15) is 0 Å². The van der Waals surface area contributed by atoms with E-state index in [1.54, 1.807) is 0 Å².